The molecule has 2 aromatic heterocycles. The molecule has 2 N–H and O–H groups in total. The summed E-state index contributed by atoms with van der Waals surface area (Å²) in [5.41, 5.74) is 3.31. The van der Waals surface area contributed by atoms with Crippen LogP contribution in [0, 0.1) is 20.8 Å². The molecule has 8 nitrogen and oxygen atoms in total. The van der Waals surface area contributed by atoms with Crippen molar-refractivity contribution in [2.24, 2.45) is 7.05 Å². The van der Waals surface area contributed by atoms with Crippen LogP contribution in [0.1, 0.15) is 29.9 Å². The fraction of sp³-hybridized carbons (Fsp3) is 0.333. The maximum absolute atomic E-state index is 12.8. The van der Waals surface area contributed by atoms with Crippen molar-refractivity contribution in [3.05, 3.63) is 63.8 Å². The number of amides is 1. The Kier molecular flexibility index (Phi) is 6.11. The van der Waals surface area contributed by atoms with Crippen LogP contribution in [0.25, 0.3) is 5.69 Å². The van der Waals surface area contributed by atoms with Gasteiger partial charge in [0.2, 0.25) is 11.9 Å². The lowest BCUT2D eigenvalue weighted by Crippen LogP contribution is -2.23. The van der Waals surface area contributed by atoms with Crippen molar-refractivity contribution < 1.29 is 4.79 Å². The molecule has 0 atom stereocenters. The van der Waals surface area contributed by atoms with Gasteiger partial charge in [-0.1, -0.05) is 18.2 Å². The number of hydrogen-bond donors (Lipinski definition) is 2. The Labute approximate surface area is 169 Å². The van der Waals surface area contributed by atoms with Gasteiger partial charge in [-0.2, -0.15) is 0 Å². The number of nitrogens with zero attached hydrogens (tertiary/aromatic N) is 4. The fourth-order valence-electron chi connectivity index (χ4n) is 3.17. The molecular formula is C21H26N6O2. The zero-order valence-electron chi connectivity index (χ0n) is 17.2. The number of carbonyl (C=O) groups is 1. The highest BCUT2D eigenvalue weighted by Gasteiger charge is 2.17. The number of benzene rings is 1. The van der Waals surface area contributed by atoms with Crippen molar-refractivity contribution in [1.82, 2.24) is 19.3 Å². The highest BCUT2D eigenvalue weighted by atomic mass is 16.2. The summed E-state index contributed by atoms with van der Waals surface area (Å²) in [6, 6.07) is 11.2. The number of nitrogens with one attached hydrogen (secondary N) is 2. The van der Waals surface area contributed by atoms with Crippen LogP contribution in [0.15, 0.2) is 41.2 Å². The first-order valence-electron chi connectivity index (χ1n) is 9.57. The molecule has 3 rings (SSSR count). The van der Waals surface area contributed by atoms with Crippen LogP contribution in [-0.2, 0) is 11.8 Å². The smallest absolute Gasteiger partial charge is 0.295 e. The maximum Gasteiger partial charge on any atom is 0.295 e. The van der Waals surface area contributed by atoms with Gasteiger partial charge in [-0.25, -0.2) is 14.6 Å². The third-order valence-corrected chi connectivity index (χ3v) is 4.66. The number of carbonyl (C=O) groups excluding carboxylic acids is 1. The van der Waals surface area contributed by atoms with Crippen LogP contribution in [0.2, 0.25) is 0 Å². The SMILES string of the molecule is Cc1cc(C)nc(NCCCC(=O)Nc2c(C)n(C)n(-c3ccccc3)c2=O)n1. The second kappa shape index (κ2) is 8.72. The predicted molar refractivity (Wildman–Crippen MR) is 114 cm³/mol. The summed E-state index contributed by atoms with van der Waals surface area (Å²) in [6.07, 6.45) is 0.887. The number of aryl methyl sites for hydroxylation is 2. The van der Waals surface area contributed by atoms with Gasteiger partial charge in [0, 0.05) is 31.4 Å². The molecule has 29 heavy (non-hydrogen) atoms. The third kappa shape index (κ3) is 4.71. The van der Waals surface area contributed by atoms with E-state index in [-0.39, 0.29) is 17.9 Å². The first-order chi connectivity index (χ1) is 13.9. The lowest BCUT2D eigenvalue weighted by atomic mass is 10.2. The van der Waals surface area contributed by atoms with Crippen LogP contribution in [0.5, 0.6) is 0 Å². The first-order valence-corrected chi connectivity index (χ1v) is 9.57. The molecule has 1 amide bonds. The van der Waals surface area contributed by atoms with E-state index in [1.165, 1.54) is 0 Å². The minimum absolute atomic E-state index is 0.195. The van der Waals surface area contributed by atoms with Crippen molar-refractivity contribution in [3.8, 4) is 5.69 Å². The van der Waals surface area contributed by atoms with Gasteiger partial charge in [0.05, 0.1) is 11.4 Å². The quantitative estimate of drug-likeness (QED) is 0.601. The van der Waals surface area contributed by atoms with Crippen molar-refractivity contribution >= 4 is 17.5 Å². The monoisotopic (exact) mass is 394 g/mol. The molecule has 2 heterocycles. The highest BCUT2D eigenvalue weighted by molar-refractivity contribution is 5.91. The summed E-state index contributed by atoms with van der Waals surface area (Å²) in [5.74, 6) is 0.367. The van der Waals surface area contributed by atoms with E-state index in [0.29, 0.717) is 30.3 Å². The lowest BCUT2D eigenvalue weighted by molar-refractivity contribution is -0.116. The van der Waals surface area contributed by atoms with Gasteiger partial charge in [-0.3, -0.25) is 14.3 Å². The van der Waals surface area contributed by atoms with Crippen molar-refractivity contribution in [2.75, 3.05) is 17.2 Å². The molecule has 0 saturated carbocycles. The number of anilines is 2. The standard InChI is InChI=1S/C21H26N6O2/c1-14-13-15(2)24-21(23-14)22-12-8-11-18(28)25-19-16(3)26(4)27(20(19)29)17-9-6-5-7-10-17/h5-7,9-10,13H,8,11-12H2,1-4H3,(H,25,28)(H,22,23,24). The van der Waals surface area contributed by atoms with Crippen LogP contribution in [0.4, 0.5) is 11.6 Å². The summed E-state index contributed by atoms with van der Waals surface area (Å²) in [7, 11) is 1.80. The van der Waals surface area contributed by atoms with E-state index in [1.54, 1.807) is 16.4 Å². The van der Waals surface area contributed by atoms with E-state index in [2.05, 4.69) is 20.6 Å². The van der Waals surface area contributed by atoms with Crippen LogP contribution >= 0.6 is 0 Å². The van der Waals surface area contributed by atoms with Gasteiger partial charge in [0.1, 0.15) is 5.69 Å². The summed E-state index contributed by atoms with van der Waals surface area (Å²) in [4.78, 5) is 33.8. The number of para-hydroxylation sites is 1. The molecule has 3 aromatic rings. The van der Waals surface area contributed by atoms with Gasteiger partial charge in [0.15, 0.2) is 0 Å². The third-order valence-electron chi connectivity index (χ3n) is 4.66. The molecule has 0 bridgehead atoms. The Hall–Kier alpha value is -3.42. The van der Waals surface area contributed by atoms with Gasteiger partial charge < -0.3 is 10.6 Å². The molecule has 0 aliphatic rings. The molecule has 0 saturated heterocycles. The maximum atomic E-state index is 12.8. The minimum Gasteiger partial charge on any atom is -0.354 e. The number of hydrogen-bond acceptors (Lipinski definition) is 5. The molecule has 0 fully saturated rings. The summed E-state index contributed by atoms with van der Waals surface area (Å²) < 4.78 is 3.29. The van der Waals surface area contributed by atoms with Gasteiger partial charge in [-0.05, 0) is 45.4 Å². The largest absolute Gasteiger partial charge is 0.354 e. The summed E-state index contributed by atoms with van der Waals surface area (Å²) >= 11 is 0. The van der Waals surface area contributed by atoms with E-state index in [1.807, 2.05) is 57.2 Å². The first kappa shape index (κ1) is 20.3. The van der Waals surface area contributed by atoms with Crippen LogP contribution in [-0.4, -0.2) is 31.8 Å². The van der Waals surface area contributed by atoms with E-state index >= 15 is 0 Å². The number of aromatic nitrogens is 4. The Bertz CT molecular complexity index is 1050. The number of rotatable bonds is 7. The predicted octanol–water partition coefficient (Wildman–Crippen LogP) is 2.72. The van der Waals surface area contributed by atoms with Crippen molar-refractivity contribution in [3.63, 3.8) is 0 Å². The highest BCUT2D eigenvalue weighted by Crippen LogP contribution is 2.14. The molecule has 0 aliphatic heterocycles. The van der Waals surface area contributed by atoms with Gasteiger partial charge in [0.25, 0.3) is 5.56 Å². The van der Waals surface area contributed by atoms with E-state index < -0.39 is 0 Å². The van der Waals surface area contributed by atoms with Gasteiger partial charge >= 0.3 is 0 Å². The Morgan fingerprint density at radius 1 is 1.07 bits per heavy atom. The normalized spacial score (nSPS) is 10.8. The fourth-order valence-corrected chi connectivity index (χ4v) is 3.17. The van der Waals surface area contributed by atoms with Crippen molar-refractivity contribution in [2.45, 2.75) is 33.6 Å². The molecule has 0 radical (unpaired) electrons. The second-order valence-electron chi connectivity index (χ2n) is 6.99. The minimum atomic E-state index is -0.244. The molecule has 8 heteroatoms. The zero-order valence-corrected chi connectivity index (χ0v) is 17.2. The average molecular weight is 394 g/mol. The Balaban J connectivity index is 1.60. The Morgan fingerprint density at radius 3 is 2.38 bits per heavy atom. The second-order valence-corrected chi connectivity index (χ2v) is 6.99. The Morgan fingerprint density at radius 2 is 1.72 bits per heavy atom. The molecule has 152 valence electrons. The molecule has 0 unspecified atom stereocenters. The summed E-state index contributed by atoms with van der Waals surface area (Å²) in [6.45, 7) is 6.21. The van der Waals surface area contributed by atoms with Gasteiger partial charge in [-0.15, -0.1) is 0 Å². The molecule has 0 spiro atoms. The molecule has 0 aliphatic carbocycles. The zero-order chi connectivity index (χ0) is 21.0. The van der Waals surface area contributed by atoms with E-state index in [4.69, 9.17) is 0 Å². The van der Waals surface area contributed by atoms with E-state index in [9.17, 15) is 9.59 Å². The lowest BCUT2D eigenvalue weighted by Gasteiger charge is -2.07. The summed E-state index contributed by atoms with van der Waals surface area (Å²) in [5, 5.41) is 5.91. The van der Waals surface area contributed by atoms with Crippen molar-refractivity contribution in [1.29, 1.82) is 0 Å². The molecular weight excluding hydrogens is 368 g/mol. The van der Waals surface area contributed by atoms with Crippen LogP contribution in [0.3, 0.4) is 0 Å². The topological polar surface area (TPSA) is 93.8 Å². The average Bonchev–Trinajstić information content (AvgIpc) is 2.88. The van der Waals surface area contributed by atoms with E-state index in [0.717, 1.165) is 17.1 Å². The van der Waals surface area contributed by atoms with Crippen LogP contribution < -0.4 is 16.2 Å². The molecule has 1 aromatic carbocycles.